The van der Waals surface area contributed by atoms with E-state index in [4.69, 9.17) is 0 Å². The van der Waals surface area contributed by atoms with Crippen LogP contribution in [0.5, 0.6) is 0 Å². The molecular weight excluding hydrogens is 240 g/mol. The summed E-state index contributed by atoms with van der Waals surface area (Å²) in [5.41, 5.74) is 0. The van der Waals surface area contributed by atoms with Gasteiger partial charge in [0.25, 0.3) is 0 Å². The van der Waals surface area contributed by atoms with E-state index >= 15 is 0 Å². The lowest BCUT2D eigenvalue weighted by atomic mass is 9.99. The van der Waals surface area contributed by atoms with Gasteiger partial charge in [-0.1, -0.05) is 6.07 Å². The Labute approximate surface area is 108 Å². The third kappa shape index (κ3) is 4.06. The fourth-order valence-electron chi connectivity index (χ4n) is 2.08. The molecule has 2 heterocycles. The van der Waals surface area contributed by atoms with Gasteiger partial charge < -0.3 is 10.6 Å². The molecule has 2 unspecified atom stereocenters. The summed E-state index contributed by atoms with van der Waals surface area (Å²) in [5.74, 6) is 0.821. The predicted octanol–water partition coefficient (Wildman–Crippen LogP) is 2.82. The van der Waals surface area contributed by atoms with Crippen molar-refractivity contribution >= 4 is 23.7 Å². The quantitative estimate of drug-likeness (QED) is 0.870. The molecule has 92 valence electrons. The van der Waals surface area contributed by atoms with Crippen molar-refractivity contribution in [3.63, 3.8) is 0 Å². The Morgan fingerprint density at radius 2 is 2.50 bits per heavy atom. The summed E-state index contributed by atoms with van der Waals surface area (Å²) >= 11 is 1.84. The maximum Gasteiger partial charge on any atom is 0.0386 e. The van der Waals surface area contributed by atoms with Gasteiger partial charge in [0.15, 0.2) is 0 Å². The summed E-state index contributed by atoms with van der Waals surface area (Å²) in [7, 11) is 0. The molecule has 0 spiro atoms. The summed E-state index contributed by atoms with van der Waals surface area (Å²) in [4.78, 5) is 1.44. The number of hydrogen-bond acceptors (Lipinski definition) is 3. The molecule has 0 saturated carbocycles. The van der Waals surface area contributed by atoms with Gasteiger partial charge in [-0.05, 0) is 56.8 Å². The zero-order chi connectivity index (χ0) is 10.5. The topological polar surface area (TPSA) is 24.1 Å². The van der Waals surface area contributed by atoms with Crippen molar-refractivity contribution in [2.24, 2.45) is 5.92 Å². The van der Waals surface area contributed by atoms with Crippen LogP contribution in [0.4, 0.5) is 0 Å². The number of nitrogens with one attached hydrogen (secondary N) is 2. The van der Waals surface area contributed by atoms with Crippen molar-refractivity contribution in [3.8, 4) is 0 Å². The molecule has 16 heavy (non-hydrogen) atoms. The number of thiophene rings is 1. The van der Waals surface area contributed by atoms with Gasteiger partial charge in [0.1, 0.15) is 0 Å². The second kappa shape index (κ2) is 7.28. The van der Waals surface area contributed by atoms with Gasteiger partial charge in [0, 0.05) is 10.9 Å². The highest BCUT2D eigenvalue weighted by Crippen LogP contribution is 2.19. The monoisotopic (exact) mass is 260 g/mol. The zero-order valence-electron chi connectivity index (χ0n) is 9.74. The molecule has 0 radical (unpaired) electrons. The molecule has 4 heteroatoms. The van der Waals surface area contributed by atoms with E-state index in [9.17, 15) is 0 Å². The average molecular weight is 261 g/mol. The SMILES string of the molecule is CC(NCC1CCCNC1)c1cccs1.Cl. The van der Waals surface area contributed by atoms with E-state index in [1.165, 1.54) is 30.8 Å². The van der Waals surface area contributed by atoms with Gasteiger partial charge in [0.2, 0.25) is 0 Å². The van der Waals surface area contributed by atoms with Gasteiger partial charge in [-0.15, -0.1) is 23.7 Å². The molecule has 1 aliphatic rings. The fourth-order valence-corrected chi connectivity index (χ4v) is 2.84. The lowest BCUT2D eigenvalue weighted by molar-refractivity contribution is 0.349. The molecule has 2 N–H and O–H groups in total. The van der Waals surface area contributed by atoms with Crippen LogP contribution in [0.15, 0.2) is 17.5 Å². The van der Waals surface area contributed by atoms with Crippen LogP contribution in [0, 0.1) is 5.92 Å². The minimum absolute atomic E-state index is 0. The Kier molecular flexibility index (Phi) is 6.36. The summed E-state index contributed by atoms with van der Waals surface area (Å²) in [6.45, 7) is 5.79. The highest BCUT2D eigenvalue weighted by molar-refractivity contribution is 7.10. The van der Waals surface area contributed by atoms with Crippen LogP contribution in [-0.4, -0.2) is 19.6 Å². The van der Waals surface area contributed by atoms with E-state index in [1.807, 2.05) is 11.3 Å². The molecule has 2 atom stereocenters. The number of rotatable bonds is 4. The van der Waals surface area contributed by atoms with Crippen molar-refractivity contribution in [3.05, 3.63) is 22.4 Å². The first-order chi connectivity index (χ1) is 7.36. The standard InChI is InChI=1S/C12H20N2S.ClH/c1-10(12-5-3-7-15-12)14-9-11-4-2-6-13-8-11;/h3,5,7,10-11,13-14H,2,4,6,8-9H2,1H3;1H. The summed E-state index contributed by atoms with van der Waals surface area (Å²) < 4.78 is 0. The molecule has 1 aromatic heterocycles. The van der Waals surface area contributed by atoms with Crippen molar-refractivity contribution in [1.82, 2.24) is 10.6 Å². The lowest BCUT2D eigenvalue weighted by Crippen LogP contribution is -2.36. The first-order valence-electron chi connectivity index (χ1n) is 5.84. The van der Waals surface area contributed by atoms with Gasteiger partial charge in [-0.3, -0.25) is 0 Å². The fraction of sp³-hybridized carbons (Fsp3) is 0.667. The summed E-state index contributed by atoms with van der Waals surface area (Å²) in [6, 6.07) is 4.84. The van der Waals surface area contributed by atoms with Crippen LogP contribution in [0.1, 0.15) is 30.7 Å². The summed E-state index contributed by atoms with van der Waals surface area (Å²) in [6.07, 6.45) is 2.71. The molecule has 0 aromatic carbocycles. The Morgan fingerprint density at radius 3 is 3.12 bits per heavy atom. The Morgan fingerprint density at radius 1 is 1.62 bits per heavy atom. The van der Waals surface area contributed by atoms with E-state index in [-0.39, 0.29) is 12.4 Å². The first-order valence-corrected chi connectivity index (χ1v) is 6.71. The minimum Gasteiger partial charge on any atom is -0.316 e. The van der Waals surface area contributed by atoms with Crippen molar-refractivity contribution < 1.29 is 0 Å². The third-order valence-corrected chi connectivity index (χ3v) is 4.14. The van der Waals surface area contributed by atoms with Crippen LogP contribution in [0.25, 0.3) is 0 Å². The maximum atomic E-state index is 3.63. The number of hydrogen-bond donors (Lipinski definition) is 2. The number of piperidine rings is 1. The average Bonchev–Trinajstić information content (AvgIpc) is 2.81. The Hall–Kier alpha value is -0.0900. The molecule has 1 aromatic rings. The van der Waals surface area contributed by atoms with Crippen LogP contribution in [0.3, 0.4) is 0 Å². The third-order valence-electron chi connectivity index (χ3n) is 3.08. The van der Waals surface area contributed by atoms with Gasteiger partial charge >= 0.3 is 0 Å². The smallest absolute Gasteiger partial charge is 0.0386 e. The van der Waals surface area contributed by atoms with E-state index in [2.05, 4.69) is 35.1 Å². The Balaban J connectivity index is 0.00000128. The van der Waals surface area contributed by atoms with Crippen LogP contribution in [0.2, 0.25) is 0 Å². The van der Waals surface area contributed by atoms with Gasteiger partial charge in [-0.2, -0.15) is 0 Å². The molecule has 0 aliphatic carbocycles. The number of halogens is 1. The molecule has 0 bridgehead atoms. The van der Waals surface area contributed by atoms with E-state index in [1.54, 1.807) is 0 Å². The highest BCUT2D eigenvalue weighted by atomic mass is 35.5. The molecule has 0 amide bonds. The molecule has 2 rings (SSSR count). The van der Waals surface area contributed by atoms with Crippen molar-refractivity contribution in [2.45, 2.75) is 25.8 Å². The second-order valence-corrected chi connectivity index (χ2v) is 5.34. The molecule has 1 saturated heterocycles. The molecular formula is C12H21ClN2S. The predicted molar refractivity (Wildman–Crippen MR) is 73.6 cm³/mol. The largest absolute Gasteiger partial charge is 0.316 e. The van der Waals surface area contributed by atoms with E-state index in [0.717, 1.165) is 12.5 Å². The minimum atomic E-state index is 0. The van der Waals surface area contributed by atoms with Crippen LogP contribution < -0.4 is 10.6 Å². The summed E-state index contributed by atoms with van der Waals surface area (Å²) in [5, 5.41) is 9.23. The zero-order valence-corrected chi connectivity index (χ0v) is 11.4. The van der Waals surface area contributed by atoms with Crippen LogP contribution >= 0.6 is 23.7 Å². The first kappa shape index (κ1) is 14.0. The molecule has 1 aliphatic heterocycles. The normalized spacial score (nSPS) is 22.4. The molecule has 1 fully saturated rings. The van der Waals surface area contributed by atoms with Crippen molar-refractivity contribution in [1.29, 1.82) is 0 Å². The van der Waals surface area contributed by atoms with Crippen LogP contribution in [-0.2, 0) is 0 Å². The van der Waals surface area contributed by atoms with Gasteiger partial charge in [-0.25, -0.2) is 0 Å². The van der Waals surface area contributed by atoms with E-state index < -0.39 is 0 Å². The Bertz CT molecular complexity index is 271. The second-order valence-electron chi connectivity index (χ2n) is 4.36. The highest BCUT2D eigenvalue weighted by Gasteiger charge is 2.14. The maximum absolute atomic E-state index is 3.63. The lowest BCUT2D eigenvalue weighted by Gasteiger charge is -2.24. The molecule has 2 nitrogen and oxygen atoms in total. The van der Waals surface area contributed by atoms with E-state index in [0.29, 0.717) is 6.04 Å². The van der Waals surface area contributed by atoms with Gasteiger partial charge in [0.05, 0.1) is 0 Å². The van der Waals surface area contributed by atoms with Crippen molar-refractivity contribution in [2.75, 3.05) is 19.6 Å².